The van der Waals surface area contributed by atoms with Gasteiger partial charge in [0.15, 0.2) is 0 Å². The maximum Gasteiger partial charge on any atom is 0.312 e. The Kier molecular flexibility index (Phi) is 3.53. The first-order chi connectivity index (χ1) is 6.08. The SMILES string of the molecule is Cc1cc(I)cc(CNC(N)=O)c1. The number of aryl methyl sites for hydroxylation is 1. The number of amides is 2. The summed E-state index contributed by atoms with van der Waals surface area (Å²) in [7, 11) is 0. The van der Waals surface area contributed by atoms with Gasteiger partial charge in [0.1, 0.15) is 0 Å². The van der Waals surface area contributed by atoms with E-state index < -0.39 is 6.03 Å². The number of nitrogens with one attached hydrogen (secondary N) is 1. The predicted octanol–water partition coefficient (Wildman–Crippen LogP) is 1.77. The van der Waals surface area contributed by atoms with Crippen LogP contribution in [0.15, 0.2) is 18.2 Å². The van der Waals surface area contributed by atoms with Gasteiger partial charge in [-0.15, -0.1) is 0 Å². The molecule has 3 nitrogen and oxygen atoms in total. The molecule has 0 aliphatic carbocycles. The van der Waals surface area contributed by atoms with Gasteiger partial charge in [-0.3, -0.25) is 0 Å². The normalized spacial score (nSPS) is 9.69. The molecule has 0 unspecified atom stereocenters. The van der Waals surface area contributed by atoms with Crippen molar-refractivity contribution in [3.05, 3.63) is 32.9 Å². The summed E-state index contributed by atoms with van der Waals surface area (Å²) in [4.78, 5) is 10.5. The van der Waals surface area contributed by atoms with Crippen molar-refractivity contribution in [2.75, 3.05) is 0 Å². The molecule has 0 spiro atoms. The first-order valence-corrected chi connectivity index (χ1v) is 4.95. The number of carbonyl (C=O) groups excluding carboxylic acids is 1. The topological polar surface area (TPSA) is 55.1 Å². The number of rotatable bonds is 2. The van der Waals surface area contributed by atoms with Crippen LogP contribution in [0, 0.1) is 10.5 Å². The van der Waals surface area contributed by atoms with Crippen molar-refractivity contribution in [1.29, 1.82) is 0 Å². The molecule has 0 saturated carbocycles. The van der Waals surface area contributed by atoms with Crippen LogP contribution in [0.25, 0.3) is 0 Å². The molecule has 4 heteroatoms. The monoisotopic (exact) mass is 290 g/mol. The number of primary amides is 1. The summed E-state index contributed by atoms with van der Waals surface area (Å²) in [5.74, 6) is 0. The molecule has 3 N–H and O–H groups in total. The van der Waals surface area contributed by atoms with Crippen LogP contribution in [0.2, 0.25) is 0 Å². The van der Waals surface area contributed by atoms with Gasteiger partial charge in [0.25, 0.3) is 0 Å². The zero-order valence-electron chi connectivity index (χ0n) is 7.30. The van der Waals surface area contributed by atoms with Gasteiger partial charge in [-0.2, -0.15) is 0 Å². The van der Waals surface area contributed by atoms with E-state index in [1.54, 1.807) is 0 Å². The number of benzene rings is 1. The van der Waals surface area contributed by atoms with E-state index in [2.05, 4.69) is 34.0 Å². The Morgan fingerprint density at radius 1 is 1.54 bits per heavy atom. The molecule has 13 heavy (non-hydrogen) atoms. The van der Waals surface area contributed by atoms with Gasteiger partial charge < -0.3 is 11.1 Å². The summed E-state index contributed by atoms with van der Waals surface area (Å²) in [5.41, 5.74) is 7.23. The minimum atomic E-state index is -0.489. The predicted molar refractivity (Wildman–Crippen MR) is 60.3 cm³/mol. The molecule has 0 fully saturated rings. The van der Waals surface area contributed by atoms with E-state index >= 15 is 0 Å². The van der Waals surface area contributed by atoms with Crippen molar-refractivity contribution >= 4 is 28.6 Å². The molecule has 1 rings (SSSR count). The van der Waals surface area contributed by atoms with E-state index in [4.69, 9.17) is 5.73 Å². The van der Waals surface area contributed by atoms with Crippen molar-refractivity contribution in [2.45, 2.75) is 13.5 Å². The highest BCUT2D eigenvalue weighted by Crippen LogP contribution is 2.11. The number of hydrogen-bond acceptors (Lipinski definition) is 1. The fourth-order valence-electron chi connectivity index (χ4n) is 1.10. The molecular formula is C9H11IN2O. The number of carbonyl (C=O) groups is 1. The fraction of sp³-hybridized carbons (Fsp3) is 0.222. The van der Waals surface area contributed by atoms with Crippen LogP contribution in [-0.4, -0.2) is 6.03 Å². The molecule has 1 aromatic rings. The van der Waals surface area contributed by atoms with Gasteiger partial charge in [-0.1, -0.05) is 6.07 Å². The van der Waals surface area contributed by atoms with Gasteiger partial charge in [-0.25, -0.2) is 4.79 Å². The first kappa shape index (κ1) is 10.3. The second-order valence-electron chi connectivity index (χ2n) is 2.85. The first-order valence-electron chi connectivity index (χ1n) is 3.87. The van der Waals surface area contributed by atoms with Gasteiger partial charge in [-0.05, 0) is 52.8 Å². The zero-order valence-corrected chi connectivity index (χ0v) is 9.46. The molecule has 0 heterocycles. The van der Waals surface area contributed by atoms with Crippen LogP contribution in [0.5, 0.6) is 0 Å². The lowest BCUT2D eigenvalue weighted by atomic mass is 10.1. The van der Waals surface area contributed by atoms with Gasteiger partial charge in [0.05, 0.1) is 0 Å². The lowest BCUT2D eigenvalue weighted by molar-refractivity contribution is 0.248. The maximum absolute atomic E-state index is 10.5. The molecular weight excluding hydrogens is 279 g/mol. The van der Waals surface area contributed by atoms with Gasteiger partial charge >= 0.3 is 6.03 Å². The van der Waals surface area contributed by atoms with Crippen molar-refractivity contribution in [3.63, 3.8) is 0 Å². The summed E-state index contributed by atoms with van der Waals surface area (Å²) >= 11 is 2.24. The van der Waals surface area contributed by atoms with Gasteiger partial charge in [0.2, 0.25) is 0 Å². The molecule has 1 aromatic carbocycles. The summed E-state index contributed by atoms with van der Waals surface area (Å²) in [6.07, 6.45) is 0. The zero-order chi connectivity index (χ0) is 9.84. The van der Waals surface area contributed by atoms with Crippen LogP contribution in [-0.2, 0) is 6.54 Å². The van der Waals surface area contributed by atoms with E-state index in [9.17, 15) is 4.79 Å². The van der Waals surface area contributed by atoms with Crippen LogP contribution >= 0.6 is 22.6 Å². The van der Waals surface area contributed by atoms with Gasteiger partial charge in [0, 0.05) is 10.1 Å². The van der Waals surface area contributed by atoms with E-state index in [-0.39, 0.29) is 0 Å². The van der Waals surface area contributed by atoms with Crippen LogP contribution in [0.3, 0.4) is 0 Å². The molecule has 2 amide bonds. The van der Waals surface area contributed by atoms with E-state index in [0.29, 0.717) is 6.54 Å². The summed E-state index contributed by atoms with van der Waals surface area (Å²) in [5, 5.41) is 2.55. The number of urea groups is 1. The summed E-state index contributed by atoms with van der Waals surface area (Å²) < 4.78 is 1.17. The Morgan fingerprint density at radius 2 is 2.23 bits per heavy atom. The maximum atomic E-state index is 10.5. The number of hydrogen-bond donors (Lipinski definition) is 2. The average Bonchev–Trinajstić information content (AvgIpc) is 1.99. The highest BCUT2D eigenvalue weighted by Gasteiger charge is 1.97. The second-order valence-corrected chi connectivity index (χ2v) is 4.10. The summed E-state index contributed by atoms with van der Waals surface area (Å²) in [6.45, 7) is 2.52. The molecule has 0 aromatic heterocycles. The third-order valence-electron chi connectivity index (χ3n) is 1.57. The molecule has 0 atom stereocenters. The molecule has 0 radical (unpaired) electrons. The smallest absolute Gasteiger partial charge is 0.312 e. The van der Waals surface area contributed by atoms with Crippen LogP contribution in [0.1, 0.15) is 11.1 Å². The Labute approximate surface area is 90.8 Å². The van der Waals surface area contributed by atoms with Crippen LogP contribution < -0.4 is 11.1 Å². The van der Waals surface area contributed by atoms with Crippen LogP contribution in [0.4, 0.5) is 4.79 Å². The van der Waals surface area contributed by atoms with E-state index in [1.165, 1.54) is 9.13 Å². The number of nitrogens with two attached hydrogens (primary N) is 1. The Morgan fingerprint density at radius 3 is 2.77 bits per heavy atom. The van der Waals surface area contributed by atoms with Crippen molar-refractivity contribution in [3.8, 4) is 0 Å². The van der Waals surface area contributed by atoms with Crippen molar-refractivity contribution in [1.82, 2.24) is 5.32 Å². The van der Waals surface area contributed by atoms with E-state index in [1.807, 2.05) is 19.1 Å². The second kappa shape index (κ2) is 4.45. The largest absolute Gasteiger partial charge is 0.352 e. The Hall–Kier alpha value is -0.780. The molecule has 0 aliphatic rings. The quantitative estimate of drug-likeness (QED) is 0.801. The Balaban J connectivity index is 2.71. The average molecular weight is 290 g/mol. The highest BCUT2D eigenvalue weighted by atomic mass is 127. The molecule has 0 aliphatic heterocycles. The minimum absolute atomic E-state index is 0.489. The standard InChI is InChI=1S/C9H11IN2O/c1-6-2-7(4-8(10)3-6)5-12-9(11)13/h2-4H,5H2,1H3,(H3,11,12,13). The third-order valence-corrected chi connectivity index (χ3v) is 2.19. The fourth-order valence-corrected chi connectivity index (χ4v) is 1.99. The van der Waals surface area contributed by atoms with Crippen molar-refractivity contribution < 1.29 is 4.79 Å². The highest BCUT2D eigenvalue weighted by molar-refractivity contribution is 14.1. The molecule has 0 saturated heterocycles. The van der Waals surface area contributed by atoms with Crippen molar-refractivity contribution in [2.24, 2.45) is 5.73 Å². The summed E-state index contributed by atoms with van der Waals surface area (Å²) in [6, 6.07) is 5.63. The molecule has 0 bridgehead atoms. The minimum Gasteiger partial charge on any atom is -0.352 e. The molecule has 70 valence electrons. The Bertz CT molecular complexity index is 305. The lowest BCUT2D eigenvalue weighted by Gasteiger charge is -2.04. The third kappa shape index (κ3) is 3.63. The lowest BCUT2D eigenvalue weighted by Crippen LogP contribution is -2.28. The van der Waals surface area contributed by atoms with E-state index in [0.717, 1.165) is 5.56 Å². The number of halogens is 1.